The molecule has 1 unspecified atom stereocenters. The first-order chi connectivity index (χ1) is 18.5. The SMILES string of the molecule is CCOC(=O)c1cc(OC)c(OC)cc1C(C)(C(N)=O)c1ccc(NC(=O)Nc2cccc([N+](=O)[O-])c2)cc1. The molecule has 0 bridgehead atoms. The summed E-state index contributed by atoms with van der Waals surface area (Å²) >= 11 is 0. The van der Waals surface area contributed by atoms with Gasteiger partial charge in [0.05, 0.1) is 36.7 Å². The minimum Gasteiger partial charge on any atom is -0.493 e. The number of esters is 1. The molecule has 3 aromatic rings. The number of amides is 3. The van der Waals surface area contributed by atoms with E-state index in [-0.39, 0.29) is 40.6 Å². The normalized spacial score (nSPS) is 12.0. The van der Waals surface area contributed by atoms with E-state index in [1.165, 1.54) is 50.6 Å². The zero-order valence-electron chi connectivity index (χ0n) is 21.8. The number of nitrogens with zero attached hydrogens (tertiary/aromatic N) is 1. The molecule has 204 valence electrons. The predicted molar refractivity (Wildman–Crippen MR) is 143 cm³/mol. The number of nitrogens with one attached hydrogen (secondary N) is 2. The van der Waals surface area contributed by atoms with Crippen molar-refractivity contribution in [3.05, 3.63) is 87.5 Å². The summed E-state index contributed by atoms with van der Waals surface area (Å²) in [5.41, 5.74) is 5.57. The van der Waals surface area contributed by atoms with Crippen LogP contribution in [0.4, 0.5) is 21.9 Å². The van der Waals surface area contributed by atoms with E-state index in [1.54, 1.807) is 38.1 Å². The van der Waals surface area contributed by atoms with E-state index in [1.807, 2.05) is 0 Å². The Balaban J connectivity index is 1.95. The first-order valence-corrected chi connectivity index (χ1v) is 11.7. The van der Waals surface area contributed by atoms with Crippen LogP contribution in [0, 0.1) is 10.1 Å². The highest BCUT2D eigenvalue weighted by molar-refractivity contribution is 6.01. The highest BCUT2D eigenvalue weighted by Crippen LogP contribution is 2.40. The maximum atomic E-state index is 12.9. The van der Waals surface area contributed by atoms with Gasteiger partial charge in [-0.2, -0.15) is 0 Å². The van der Waals surface area contributed by atoms with E-state index in [2.05, 4.69) is 10.6 Å². The van der Waals surface area contributed by atoms with Crippen molar-refractivity contribution >= 4 is 35.0 Å². The van der Waals surface area contributed by atoms with Crippen LogP contribution in [0.3, 0.4) is 0 Å². The molecule has 12 heteroatoms. The number of carbonyl (C=O) groups is 3. The predicted octanol–water partition coefficient (Wildman–Crippen LogP) is 4.22. The molecule has 0 aliphatic carbocycles. The van der Waals surface area contributed by atoms with Crippen molar-refractivity contribution in [2.24, 2.45) is 5.73 Å². The molecule has 3 aromatic carbocycles. The lowest BCUT2D eigenvalue weighted by Gasteiger charge is -2.30. The number of anilines is 2. The molecule has 0 aromatic heterocycles. The van der Waals surface area contributed by atoms with Crippen LogP contribution in [0.15, 0.2) is 60.7 Å². The zero-order chi connectivity index (χ0) is 28.7. The van der Waals surface area contributed by atoms with E-state index < -0.39 is 28.2 Å². The Morgan fingerprint density at radius 2 is 1.56 bits per heavy atom. The Kier molecular flexibility index (Phi) is 8.71. The summed E-state index contributed by atoms with van der Waals surface area (Å²) in [5.74, 6) is -0.865. The number of hydrogen-bond donors (Lipinski definition) is 3. The van der Waals surface area contributed by atoms with Gasteiger partial charge >= 0.3 is 12.0 Å². The molecular formula is C27H28N4O8. The summed E-state index contributed by atoms with van der Waals surface area (Å²) in [7, 11) is 2.84. The van der Waals surface area contributed by atoms with E-state index in [4.69, 9.17) is 19.9 Å². The van der Waals surface area contributed by atoms with Crippen LogP contribution in [-0.4, -0.2) is 43.7 Å². The second kappa shape index (κ2) is 11.9. The van der Waals surface area contributed by atoms with E-state index in [0.717, 1.165) is 0 Å². The maximum absolute atomic E-state index is 12.9. The average Bonchev–Trinajstić information content (AvgIpc) is 2.92. The minimum atomic E-state index is -1.51. The largest absolute Gasteiger partial charge is 0.493 e. The quantitative estimate of drug-likeness (QED) is 0.196. The molecule has 0 heterocycles. The van der Waals surface area contributed by atoms with Crippen LogP contribution in [-0.2, 0) is 14.9 Å². The van der Waals surface area contributed by atoms with Crippen LogP contribution in [0.5, 0.6) is 11.5 Å². The molecule has 1 atom stereocenters. The number of primary amides is 1. The van der Waals surface area contributed by atoms with Crippen LogP contribution in [0.1, 0.15) is 35.3 Å². The lowest BCUT2D eigenvalue weighted by atomic mass is 9.73. The third kappa shape index (κ3) is 6.06. The summed E-state index contributed by atoms with van der Waals surface area (Å²) in [6.07, 6.45) is 0. The van der Waals surface area contributed by atoms with Gasteiger partial charge in [0.1, 0.15) is 0 Å². The minimum absolute atomic E-state index is 0.0781. The van der Waals surface area contributed by atoms with Crippen LogP contribution in [0.2, 0.25) is 0 Å². The Hall–Kier alpha value is -5.13. The fraction of sp³-hybridized carbons (Fsp3) is 0.222. The summed E-state index contributed by atoms with van der Waals surface area (Å²) in [4.78, 5) is 48.6. The summed E-state index contributed by atoms with van der Waals surface area (Å²) in [6, 6.07) is 14.1. The van der Waals surface area contributed by atoms with Gasteiger partial charge in [0.15, 0.2) is 11.5 Å². The van der Waals surface area contributed by atoms with Gasteiger partial charge < -0.3 is 30.6 Å². The molecule has 0 aliphatic rings. The summed E-state index contributed by atoms with van der Waals surface area (Å²) < 4.78 is 15.9. The van der Waals surface area contributed by atoms with Gasteiger partial charge in [-0.25, -0.2) is 9.59 Å². The molecular weight excluding hydrogens is 508 g/mol. The Morgan fingerprint density at radius 1 is 0.949 bits per heavy atom. The number of nitrogens with two attached hydrogens (primary N) is 1. The number of ether oxygens (including phenoxy) is 3. The molecule has 0 saturated carbocycles. The van der Waals surface area contributed by atoms with Gasteiger partial charge in [-0.05, 0) is 55.3 Å². The monoisotopic (exact) mass is 536 g/mol. The summed E-state index contributed by atoms with van der Waals surface area (Å²) in [6.45, 7) is 3.34. The lowest BCUT2D eigenvalue weighted by molar-refractivity contribution is -0.384. The van der Waals surface area contributed by atoms with E-state index in [0.29, 0.717) is 11.3 Å². The molecule has 0 saturated heterocycles. The fourth-order valence-electron chi connectivity index (χ4n) is 3.98. The molecule has 3 amide bonds. The number of carbonyl (C=O) groups excluding carboxylic acids is 3. The molecule has 0 radical (unpaired) electrons. The van der Waals surface area contributed by atoms with Gasteiger partial charge in [0.2, 0.25) is 5.91 Å². The second-order valence-corrected chi connectivity index (χ2v) is 8.43. The van der Waals surface area contributed by atoms with Crippen molar-refractivity contribution in [2.75, 3.05) is 31.5 Å². The van der Waals surface area contributed by atoms with Gasteiger partial charge in [0.25, 0.3) is 5.69 Å². The van der Waals surface area contributed by atoms with Crippen molar-refractivity contribution in [1.82, 2.24) is 0 Å². The van der Waals surface area contributed by atoms with Gasteiger partial charge in [-0.15, -0.1) is 0 Å². The molecule has 39 heavy (non-hydrogen) atoms. The fourth-order valence-corrected chi connectivity index (χ4v) is 3.98. The molecule has 0 aliphatic heterocycles. The number of non-ortho nitro benzene ring substituents is 1. The second-order valence-electron chi connectivity index (χ2n) is 8.43. The summed E-state index contributed by atoms with van der Waals surface area (Å²) in [5, 5.41) is 16.1. The number of hydrogen-bond acceptors (Lipinski definition) is 8. The highest BCUT2D eigenvalue weighted by atomic mass is 16.6. The van der Waals surface area contributed by atoms with Crippen molar-refractivity contribution in [2.45, 2.75) is 19.3 Å². The Labute approximate surface area is 224 Å². The van der Waals surface area contributed by atoms with Gasteiger partial charge in [-0.1, -0.05) is 18.2 Å². The van der Waals surface area contributed by atoms with Crippen molar-refractivity contribution in [3.63, 3.8) is 0 Å². The maximum Gasteiger partial charge on any atom is 0.338 e. The zero-order valence-corrected chi connectivity index (χ0v) is 21.8. The number of rotatable bonds is 10. The third-order valence-corrected chi connectivity index (χ3v) is 6.09. The number of benzene rings is 3. The molecule has 0 fully saturated rings. The molecule has 0 spiro atoms. The van der Waals surface area contributed by atoms with Gasteiger partial charge in [-0.3, -0.25) is 14.9 Å². The Morgan fingerprint density at radius 3 is 2.13 bits per heavy atom. The van der Waals surface area contributed by atoms with Crippen molar-refractivity contribution < 1.29 is 33.5 Å². The van der Waals surface area contributed by atoms with Crippen LogP contribution >= 0.6 is 0 Å². The van der Waals surface area contributed by atoms with Gasteiger partial charge in [0, 0.05) is 23.5 Å². The lowest BCUT2D eigenvalue weighted by Crippen LogP contribution is -2.41. The number of methoxy groups -OCH3 is 2. The van der Waals surface area contributed by atoms with Crippen molar-refractivity contribution in [3.8, 4) is 11.5 Å². The third-order valence-electron chi connectivity index (χ3n) is 6.09. The topological polar surface area (TPSA) is 172 Å². The molecule has 4 N–H and O–H groups in total. The van der Waals surface area contributed by atoms with Crippen LogP contribution in [0.25, 0.3) is 0 Å². The number of nitro benzene ring substituents is 1. The smallest absolute Gasteiger partial charge is 0.338 e. The Bertz CT molecular complexity index is 1410. The van der Waals surface area contributed by atoms with Crippen molar-refractivity contribution in [1.29, 1.82) is 0 Å². The number of nitro groups is 1. The number of urea groups is 1. The molecule has 12 nitrogen and oxygen atoms in total. The van der Waals surface area contributed by atoms with E-state index >= 15 is 0 Å². The first-order valence-electron chi connectivity index (χ1n) is 11.7. The highest BCUT2D eigenvalue weighted by Gasteiger charge is 2.40. The average molecular weight is 537 g/mol. The van der Waals surface area contributed by atoms with E-state index in [9.17, 15) is 24.5 Å². The standard InChI is InChI=1S/C27H28N4O8/c1-5-39-24(32)20-14-22(37-3)23(38-4)15-21(20)27(2,25(28)33)16-9-11-17(12-10-16)29-26(34)30-18-7-6-8-19(13-18)31(35)36/h6-15H,5H2,1-4H3,(H2,28,33)(H2,29,30,34). The first kappa shape index (κ1) is 28.4. The molecule has 3 rings (SSSR count). The van der Waals surface area contributed by atoms with Crippen LogP contribution < -0.4 is 25.8 Å².